The van der Waals surface area contributed by atoms with E-state index in [2.05, 4.69) is 72.8 Å². The van der Waals surface area contributed by atoms with Crippen LogP contribution < -0.4 is 0 Å². The van der Waals surface area contributed by atoms with Gasteiger partial charge in [-0.1, -0.05) is 95.6 Å². The van der Waals surface area contributed by atoms with Gasteiger partial charge >= 0.3 is 0 Å². The molecule has 0 saturated heterocycles. The fourth-order valence-electron chi connectivity index (χ4n) is 2.97. The van der Waals surface area contributed by atoms with Gasteiger partial charge in [0, 0.05) is 19.8 Å². The highest BCUT2D eigenvalue weighted by molar-refractivity contribution is 7.99. The Morgan fingerprint density at radius 2 is 0.815 bits per heavy atom. The smallest absolute Gasteiger partial charge is 0.0406 e. The first-order chi connectivity index (χ1) is 13.2. The van der Waals surface area contributed by atoms with Gasteiger partial charge in [0.2, 0.25) is 0 Å². The zero-order chi connectivity index (χ0) is 18.6. The maximum absolute atomic E-state index is 6.05. The first-order valence-corrected chi connectivity index (χ1v) is 10.2. The Kier molecular flexibility index (Phi) is 5.54. The molecule has 3 heteroatoms. The van der Waals surface area contributed by atoms with Crippen LogP contribution in [0.15, 0.2) is 107 Å². The second-order valence-electron chi connectivity index (χ2n) is 6.11. The molecule has 132 valence electrons. The van der Waals surface area contributed by atoms with E-state index in [0.717, 1.165) is 21.2 Å². The van der Waals surface area contributed by atoms with Crippen LogP contribution in [0.4, 0.5) is 0 Å². The summed E-state index contributed by atoms with van der Waals surface area (Å²) in [6, 6.07) is 32.9. The maximum Gasteiger partial charge on any atom is 0.0406 e. The van der Waals surface area contributed by atoms with Crippen molar-refractivity contribution in [2.75, 3.05) is 0 Å². The highest BCUT2D eigenvalue weighted by Gasteiger charge is 2.10. The van der Waals surface area contributed by atoms with E-state index in [4.69, 9.17) is 23.2 Å². The molecule has 0 N–H and O–H groups in total. The fourth-order valence-corrected chi connectivity index (χ4v) is 4.34. The minimum absolute atomic E-state index is 0.747. The molecule has 0 aliphatic heterocycles. The Bertz CT molecular complexity index is 967. The molecule has 0 bridgehead atoms. The van der Waals surface area contributed by atoms with Gasteiger partial charge in [0.25, 0.3) is 0 Å². The van der Waals surface area contributed by atoms with Gasteiger partial charge in [0.15, 0.2) is 0 Å². The number of benzene rings is 4. The molecular formula is C24H16Cl2S. The lowest BCUT2D eigenvalue weighted by Crippen LogP contribution is -1.85. The van der Waals surface area contributed by atoms with E-state index in [1.54, 1.807) is 11.8 Å². The molecule has 0 aliphatic rings. The minimum atomic E-state index is 0.747. The third kappa shape index (κ3) is 4.22. The zero-order valence-electron chi connectivity index (χ0n) is 14.4. The quantitative estimate of drug-likeness (QED) is 0.327. The first kappa shape index (κ1) is 18.2. The lowest BCUT2D eigenvalue weighted by Gasteiger charge is -2.13. The summed E-state index contributed by atoms with van der Waals surface area (Å²) < 4.78 is 0. The van der Waals surface area contributed by atoms with Gasteiger partial charge in [-0.2, -0.15) is 0 Å². The SMILES string of the molecule is Clc1ccc(-c2ccccc2Sc2ccccc2-c2ccc(Cl)cc2)cc1. The summed E-state index contributed by atoms with van der Waals surface area (Å²) in [5, 5.41) is 1.49. The van der Waals surface area contributed by atoms with Crippen molar-refractivity contribution in [3.05, 3.63) is 107 Å². The summed E-state index contributed by atoms with van der Waals surface area (Å²) in [6.07, 6.45) is 0. The Morgan fingerprint density at radius 1 is 0.444 bits per heavy atom. The number of halogens is 2. The van der Waals surface area contributed by atoms with Gasteiger partial charge in [-0.05, 0) is 58.7 Å². The molecule has 4 aromatic carbocycles. The fraction of sp³-hybridized carbons (Fsp3) is 0. The van der Waals surface area contributed by atoms with Crippen LogP contribution in [0.25, 0.3) is 22.3 Å². The van der Waals surface area contributed by atoms with Gasteiger partial charge in [-0.3, -0.25) is 0 Å². The average molecular weight is 407 g/mol. The van der Waals surface area contributed by atoms with Crippen molar-refractivity contribution in [3.63, 3.8) is 0 Å². The molecule has 4 aromatic rings. The molecule has 0 fully saturated rings. The van der Waals surface area contributed by atoms with E-state index in [-0.39, 0.29) is 0 Å². The van der Waals surface area contributed by atoms with Gasteiger partial charge in [-0.15, -0.1) is 0 Å². The molecule has 0 heterocycles. The van der Waals surface area contributed by atoms with E-state index >= 15 is 0 Å². The van der Waals surface area contributed by atoms with E-state index in [0.29, 0.717) is 0 Å². The molecular weight excluding hydrogens is 391 g/mol. The monoisotopic (exact) mass is 406 g/mol. The summed E-state index contributed by atoms with van der Waals surface area (Å²) in [6.45, 7) is 0. The highest BCUT2D eigenvalue weighted by atomic mass is 35.5. The van der Waals surface area contributed by atoms with Crippen molar-refractivity contribution in [2.24, 2.45) is 0 Å². The van der Waals surface area contributed by atoms with Crippen LogP contribution >= 0.6 is 35.0 Å². The molecule has 0 unspecified atom stereocenters. The average Bonchev–Trinajstić information content (AvgIpc) is 2.70. The first-order valence-electron chi connectivity index (χ1n) is 8.58. The van der Waals surface area contributed by atoms with Crippen LogP contribution in [-0.2, 0) is 0 Å². The van der Waals surface area contributed by atoms with Gasteiger partial charge in [0.05, 0.1) is 0 Å². The predicted octanol–water partition coefficient (Wildman–Crippen LogP) is 8.48. The standard InChI is InChI=1S/C24H16Cl2S/c25-19-13-9-17(10-14-19)21-5-1-3-7-23(21)27-24-8-4-2-6-22(24)18-11-15-20(26)16-12-18/h1-16H. The molecule has 0 nitrogen and oxygen atoms in total. The zero-order valence-corrected chi connectivity index (χ0v) is 16.7. The molecule has 0 amide bonds. The Hall–Kier alpha value is -2.19. The van der Waals surface area contributed by atoms with Crippen LogP contribution in [0.3, 0.4) is 0 Å². The van der Waals surface area contributed by atoms with Crippen molar-refractivity contribution in [1.29, 1.82) is 0 Å². The lowest BCUT2D eigenvalue weighted by atomic mass is 10.1. The minimum Gasteiger partial charge on any atom is -0.0888 e. The van der Waals surface area contributed by atoms with E-state index in [1.807, 2.05) is 24.3 Å². The van der Waals surface area contributed by atoms with Crippen molar-refractivity contribution < 1.29 is 0 Å². The molecule has 0 saturated carbocycles. The van der Waals surface area contributed by atoms with E-state index in [1.165, 1.54) is 20.9 Å². The molecule has 0 spiro atoms. The molecule has 27 heavy (non-hydrogen) atoms. The predicted molar refractivity (Wildman–Crippen MR) is 118 cm³/mol. The van der Waals surface area contributed by atoms with Crippen LogP contribution in [-0.4, -0.2) is 0 Å². The van der Waals surface area contributed by atoms with Crippen LogP contribution in [0.1, 0.15) is 0 Å². The Balaban J connectivity index is 1.74. The number of hydrogen-bond acceptors (Lipinski definition) is 1. The van der Waals surface area contributed by atoms with E-state index in [9.17, 15) is 0 Å². The highest BCUT2D eigenvalue weighted by Crippen LogP contribution is 2.40. The number of hydrogen-bond donors (Lipinski definition) is 0. The molecule has 4 rings (SSSR count). The van der Waals surface area contributed by atoms with Crippen molar-refractivity contribution in [3.8, 4) is 22.3 Å². The molecule has 0 aromatic heterocycles. The van der Waals surface area contributed by atoms with Gasteiger partial charge in [0.1, 0.15) is 0 Å². The van der Waals surface area contributed by atoms with Crippen LogP contribution in [0.2, 0.25) is 10.0 Å². The Morgan fingerprint density at radius 3 is 1.22 bits per heavy atom. The second-order valence-corrected chi connectivity index (χ2v) is 8.06. The summed E-state index contributed by atoms with van der Waals surface area (Å²) >= 11 is 13.9. The molecule has 0 atom stereocenters. The summed E-state index contributed by atoms with van der Waals surface area (Å²) in [4.78, 5) is 2.42. The Labute approximate surface area is 173 Å². The normalized spacial score (nSPS) is 10.7. The largest absolute Gasteiger partial charge is 0.0888 e. The van der Waals surface area contributed by atoms with E-state index < -0.39 is 0 Å². The second kappa shape index (κ2) is 8.22. The summed E-state index contributed by atoms with van der Waals surface area (Å²) in [7, 11) is 0. The van der Waals surface area contributed by atoms with Crippen LogP contribution in [0.5, 0.6) is 0 Å². The number of rotatable bonds is 4. The molecule has 0 radical (unpaired) electrons. The maximum atomic E-state index is 6.05. The summed E-state index contributed by atoms with van der Waals surface area (Å²) in [5.41, 5.74) is 4.72. The summed E-state index contributed by atoms with van der Waals surface area (Å²) in [5.74, 6) is 0. The third-order valence-electron chi connectivity index (χ3n) is 4.30. The lowest BCUT2D eigenvalue weighted by molar-refractivity contribution is 1.39. The van der Waals surface area contributed by atoms with Gasteiger partial charge in [-0.25, -0.2) is 0 Å². The van der Waals surface area contributed by atoms with Crippen molar-refractivity contribution in [2.45, 2.75) is 9.79 Å². The third-order valence-corrected chi connectivity index (χ3v) is 5.96. The van der Waals surface area contributed by atoms with Crippen molar-refractivity contribution >= 4 is 35.0 Å². The molecule has 0 aliphatic carbocycles. The topological polar surface area (TPSA) is 0 Å². The van der Waals surface area contributed by atoms with Crippen molar-refractivity contribution in [1.82, 2.24) is 0 Å². The van der Waals surface area contributed by atoms with Gasteiger partial charge < -0.3 is 0 Å². The van der Waals surface area contributed by atoms with Crippen LogP contribution in [0, 0.1) is 0 Å².